The zero-order valence-electron chi connectivity index (χ0n) is 6.30. The summed E-state index contributed by atoms with van der Waals surface area (Å²) in [6, 6.07) is 0. The van der Waals surface area contributed by atoms with Crippen LogP contribution in [-0.2, 0) is 0 Å². The summed E-state index contributed by atoms with van der Waals surface area (Å²) in [5, 5.41) is 0. The Morgan fingerprint density at radius 3 is 3.00 bits per heavy atom. The van der Waals surface area contributed by atoms with Gasteiger partial charge in [-0.25, -0.2) is 0 Å². The molecule has 0 aromatic heterocycles. The Hall–Kier alpha value is -0.650. The van der Waals surface area contributed by atoms with Crippen LogP contribution in [0, 0.1) is 0 Å². The Morgan fingerprint density at radius 1 is 1.60 bits per heavy atom. The van der Waals surface area contributed by atoms with Gasteiger partial charge in [0.05, 0.1) is 7.17 Å². The SMILES string of the molecule is C=CC1=C(/C=C\C)C[B][B]1. The van der Waals surface area contributed by atoms with Gasteiger partial charge in [0.15, 0.2) is 0 Å². The van der Waals surface area contributed by atoms with Gasteiger partial charge in [-0.2, -0.15) is 0 Å². The first-order valence-electron chi connectivity index (χ1n) is 3.53. The minimum Gasteiger partial charge on any atom is -0.0996 e. The van der Waals surface area contributed by atoms with Crippen LogP contribution in [0.15, 0.2) is 35.9 Å². The van der Waals surface area contributed by atoms with Crippen molar-refractivity contribution in [3.63, 3.8) is 0 Å². The van der Waals surface area contributed by atoms with Crippen LogP contribution in [-0.4, -0.2) is 14.3 Å². The number of hydrogen-bond donors (Lipinski definition) is 0. The smallest absolute Gasteiger partial charge is 0.0996 e. The molecule has 0 unspecified atom stereocenters. The van der Waals surface area contributed by atoms with E-state index in [1.165, 1.54) is 11.0 Å². The molecule has 0 bridgehead atoms. The van der Waals surface area contributed by atoms with E-state index in [2.05, 4.69) is 33.1 Å². The summed E-state index contributed by atoms with van der Waals surface area (Å²) in [6.07, 6.45) is 7.16. The van der Waals surface area contributed by atoms with E-state index in [4.69, 9.17) is 0 Å². The maximum absolute atomic E-state index is 3.73. The summed E-state index contributed by atoms with van der Waals surface area (Å²) in [5.74, 6) is 0. The minimum atomic E-state index is 1.06. The normalized spacial score (nSPS) is 17.3. The summed E-state index contributed by atoms with van der Waals surface area (Å²) in [6.45, 7) is 5.77. The third-order valence-electron chi connectivity index (χ3n) is 1.59. The van der Waals surface area contributed by atoms with Gasteiger partial charge in [0.1, 0.15) is 7.17 Å². The highest BCUT2D eigenvalue weighted by Crippen LogP contribution is 2.16. The van der Waals surface area contributed by atoms with Crippen LogP contribution in [0.25, 0.3) is 0 Å². The monoisotopic (exact) mass is 128 g/mol. The van der Waals surface area contributed by atoms with Crippen LogP contribution in [0.3, 0.4) is 0 Å². The highest BCUT2D eigenvalue weighted by molar-refractivity contribution is 7.06. The highest BCUT2D eigenvalue weighted by Gasteiger charge is 2.09. The average Bonchev–Trinajstić information content (AvgIpc) is 2.36. The van der Waals surface area contributed by atoms with E-state index >= 15 is 0 Å². The first-order valence-corrected chi connectivity index (χ1v) is 3.53. The molecule has 0 saturated heterocycles. The fraction of sp³-hybridized carbons (Fsp3) is 0.250. The quantitative estimate of drug-likeness (QED) is 0.496. The van der Waals surface area contributed by atoms with E-state index in [0.717, 1.165) is 6.32 Å². The van der Waals surface area contributed by atoms with Crippen molar-refractivity contribution in [2.45, 2.75) is 13.2 Å². The van der Waals surface area contributed by atoms with Gasteiger partial charge >= 0.3 is 0 Å². The highest BCUT2D eigenvalue weighted by atomic mass is 13.9. The Kier molecular flexibility index (Phi) is 2.61. The molecule has 10 heavy (non-hydrogen) atoms. The van der Waals surface area contributed by atoms with E-state index in [-0.39, 0.29) is 0 Å². The van der Waals surface area contributed by atoms with Crippen molar-refractivity contribution in [1.29, 1.82) is 0 Å². The van der Waals surface area contributed by atoms with Gasteiger partial charge in [-0.1, -0.05) is 42.2 Å². The second-order valence-corrected chi connectivity index (χ2v) is 2.29. The Labute approximate surface area is 64.2 Å². The van der Waals surface area contributed by atoms with Gasteiger partial charge in [-0.05, 0) is 6.92 Å². The molecule has 48 valence electrons. The lowest BCUT2D eigenvalue weighted by molar-refractivity contribution is 1.49. The topological polar surface area (TPSA) is 0 Å². The molecular formula is C8H10B2. The van der Waals surface area contributed by atoms with Gasteiger partial charge in [-0.3, -0.25) is 0 Å². The van der Waals surface area contributed by atoms with Gasteiger partial charge in [0.2, 0.25) is 0 Å². The Morgan fingerprint density at radius 2 is 2.40 bits per heavy atom. The first kappa shape index (κ1) is 7.46. The third-order valence-corrected chi connectivity index (χ3v) is 1.59. The molecule has 0 fully saturated rings. The predicted octanol–water partition coefficient (Wildman–Crippen LogP) is 1.76. The molecule has 0 spiro atoms. The molecule has 2 radical (unpaired) electrons. The molecule has 0 aliphatic carbocycles. The predicted molar refractivity (Wildman–Crippen MR) is 48.4 cm³/mol. The molecule has 0 atom stereocenters. The summed E-state index contributed by atoms with van der Waals surface area (Å²) >= 11 is 0. The molecular weight excluding hydrogens is 118 g/mol. The Bertz CT molecular complexity index is 189. The molecule has 0 aromatic rings. The zero-order valence-corrected chi connectivity index (χ0v) is 6.30. The van der Waals surface area contributed by atoms with E-state index in [1.54, 1.807) is 0 Å². The molecule has 2 heteroatoms. The maximum Gasteiger partial charge on any atom is 0.107 e. The fourth-order valence-corrected chi connectivity index (χ4v) is 1.10. The molecule has 1 aliphatic rings. The Balaban J connectivity index is 2.77. The van der Waals surface area contributed by atoms with Gasteiger partial charge < -0.3 is 0 Å². The number of rotatable bonds is 2. The van der Waals surface area contributed by atoms with Gasteiger partial charge in [-0.15, -0.1) is 0 Å². The largest absolute Gasteiger partial charge is 0.107 e. The van der Waals surface area contributed by atoms with Crippen molar-refractivity contribution in [3.8, 4) is 0 Å². The van der Waals surface area contributed by atoms with Crippen molar-refractivity contribution in [2.75, 3.05) is 0 Å². The van der Waals surface area contributed by atoms with Crippen LogP contribution in [0.5, 0.6) is 0 Å². The van der Waals surface area contributed by atoms with Crippen LogP contribution >= 0.6 is 0 Å². The average molecular weight is 128 g/mol. The maximum atomic E-state index is 3.73. The lowest BCUT2D eigenvalue weighted by Gasteiger charge is -1.94. The molecule has 0 N–H and O–H groups in total. The molecule has 0 aromatic carbocycles. The second-order valence-electron chi connectivity index (χ2n) is 2.29. The summed E-state index contributed by atoms with van der Waals surface area (Å²) in [4.78, 5) is 0. The lowest BCUT2D eigenvalue weighted by Crippen LogP contribution is -1.94. The summed E-state index contributed by atoms with van der Waals surface area (Å²) in [5.41, 5.74) is 2.63. The summed E-state index contributed by atoms with van der Waals surface area (Å²) < 4.78 is 0. The van der Waals surface area contributed by atoms with Crippen molar-refractivity contribution >= 4 is 14.3 Å². The second kappa shape index (κ2) is 3.50. The first-order chi connectivity index (χ1) is 4.88. The van der Waals surface area contributed by atoms with Crippen molar-refractivity contribution in [1.82, 2.24) is 0 Å². The fourth-order valence-electron chi connectivity index (χ4n) is 1.10. The van der Waals surface area contributed by atoms with E-state index < -0.39 is 0 Å². The van der Waals surface area contributed by atoms with E-state index in [1.807, 2.05) is 13.0 Å². The lowest BCUT2D eigenvalue weighted by atomic mass is 9.39. The number of allylic oxidation sites excluding steroid dienone is 5. The van der Waals surface area contributed by atoms with Crippen molar-refractivity contribution < 1.29 is 0 Å². The minimum absolute atomic E-state index is 1.06. The summed E-state index contributed by atoms with van der Waals surface area (Å²) in [7, 11) is 4.27. The van der Waals surface area contributed by atoms with E-state index in [0.29, 0.717) is 0 Å². The molecule has 1 aliphatic heterocycles. The van der Waals surface area contributed by atoms with Crippen molar-refractivity contribution in [3.05, 3.63) is 35.9 Å². The molecule has 0 amide bonds. The zero-order chi connectivity index (χ0) is 7.40. The standard InChI is InChI=1S/C8H10B2/c1-3-5-7-6-9-10-8(7)4-2/h3-5H,2,6H2,1H3/b5-3-. The van der Waals surface area contributed by atoms with Crippen molar-refractivity contribution in [2.24, 2.45) is 0 Å². The number of hydrogen-bond acceptors (Lipinski definition) is 0. The molecule has 0 saturated carbocycles. The van der Waals surface area contributed by atoms with Gasteiger partial charge in [0.25, 0.3) is 0 Å². The molecule has 1 heterocycles. The molecule has 0 nitrogen and oxygen atoms in total. The van der Waals surface area contributed by atoms with Crippen LogP contribution in [0.4, 0.5) is 0 Å². The van der Waals surface area contributed by atoms with Crippen LogP contribution in [0.1, 0.15) is 6.92 Å². The third kappa shape index (κ3) is 1.44. The van der Waals surface area contributed by atoms with E-state index in [9.17, 15) is 0 Å². The molecule has 1 rings (SSSR count). The van der Waals surface area contributed by atoms with Gasteiger partial charge in [0, 0.05) is 0 Å². The van der Waals surface area contributed by atoms with Crippen LogP contribution < -0.4 is 0 Å². The van der Waals surface area contributed by atoms with Crippen LogP contribution in [0.2, 0.25) is 6.32 Å².